The zero-order chi connectivity index (χ0) is 25.6. The Morgan fingerprint density at radius 2 is 0.794 bits per heavy atom. The minimum Gasteiger partial charge on any atom is -0.462 e. The highest BCUT2D eigenvalue weighted by molar-refractivity contribution is 5.69. The summed E-state index contributed by atoms with van der Waals surface area (Å²) in [5, 5.41) is 0. The molecule has 4 nitrogen and oxygen atoms in total. The Morgan fingerprint density at radius 3 is 1.09 bits per heavy atom. The predicted octanol–water partition coefficient (Wildman–Crippen LogP) is 8.40. The van der Waals surface area contributed by atoms with Gasteiger partial charge in [0.15, 0.2) is 0 Å². The fraction of sp³-hybridized carbons (Fsp3) is 0.933. The topological polar surface area (TPSA) is 52.6 Å². The summed E-state index contributed by atoms with van der Waals surface area (Å²) in [6.45, 7) is 18.3. The maximum Gasteiger partial charge on any atom is 0.306 e. The van der Waals surface area contributed by atoms with Crippen molar-refractivity contribution in [3.63, 3.8) is 0 Å². The second-order valence-corrected chi connectivity index (χ2v) is 14.7. The Balaban J connectivity index is 1.51. The van der Waals surface area contributed by atoms with E-state index in [1.165, 1.54) is 12.8 Å². The maximum absolute atomic E-state index is 12.3. The third-order valence-corrected chi connectivity index (χ3v) is 7.64. The molecule has 0 unspecified atom stereocenters. The van der Waals surface area contributed by atoms with Crippen molar-refractivity contribution in [1.29, 1.82) is 0 Å². The van der Waals surface area contributed by atoms with E-state index in [2.05, 4.69) is 55.4 Å². The summed E-state index contributed by atoms with van der Waals surface area (Å²) in [7, 11) is 0. The molecule has 0 saturated heterocycles. The largest absolute Gasteiger partial charge is 0.462 e. The van der Waals surface area contributed by atoms with Gasteiger partial charge in [-0.05, 0) is 73.0 Å². The lowest BCUT2D eigenvalue weighted by Crippen LogP contribution is -2.38. The Morgan fingerprint density at radius 1 is 0.529 bits per heavy atom. The van der Waals surface area contributed by atoms with Crippen LogP contribution in [0.2, 0.25) is 0 Å². The van der Waals surface area contributed by atoms with Crippen molar-refractivity contribution >= 4 is 11.9 Å². The normalized spacial score (nSPS) is 23.9. The van der Waals surface area contributed by atoms with Gasteiger partial charge >= 0.3 is 11.9 Å². The van der Waals surface area contributed by atoms with Crippen LogP contribution in [0, 0.1) is 21.7 Å². The van der Waals surface area contributed by atoms with E-state index in [-0.39, 0.29) is 45.8 Å². The van der Waals surface area contributed by atoms with Crippen LogP contribution in [0.25, 0.3) is 0 Å². The average Bonchev–Trinajstić information content (AvgIpc) is 2.58. The van der Waals surface area contributed by atoms with Crippen molar-refractivity contribution in [2.75, 3.05) is 0 Å². The number of hydrogen-bond acceptors (Lipinski definition) is 4. The molecule has 0 aliphatic heterocycles. The van der Waals surface area contributed by atoms with E-state index in [0.717, 1.165) is 64.2 Å². The van der Waals surface area contributed by atoms with Crippen molar-refractivity contribution in [2.24, 2.45) is 21.7 Å². The highest BCUT2D eigenvalue weighted by Crippen LogP contribution is 2.47. The molecular formula is C30H54O4. The molecule has 0 spiro atoms. The van der Waals surface area contributed by atoms with Gasteiger partial charge in [-0.1, -0.05) is 81.1 Å². The molecule has 0 heterocycles. The van der Waals surface area contributed by atoms with Gasteiger partial charge in [-0.15, -0.1) is 0 Å². The number of ether oxygens (including phenoxy) is 2. The van der Waals surface area contributed by atoms with Gasteiger partial charge in [0.05, 0.1) is 0 Å². The van der Waals surface area contributed by atoms with Gasteiger partial charge in [-0.25, -0.2) is 0 Å². The minimum absolute atomic E-state index is 0.0321. The molecule has 0 aromatic rings. The number of carbonyl (C=O) groups excluding carboxylic acids is 2. The zero-order valence-electron chi connectivity index (χ0n) is 23.7. The molecule has 198 valence electrons. The molecule has 34 heavy (non-hydrogen) atoms. The molecule has 0 bridgehead atoms. The van der Waals surface area contributed by atoms with Crippen LogP contribution in [0.1, 0.15) is 145 Å². The number of carbonyl (C=O) groups is 2. The van der Waals surface area contributed by atoms with E-state index in [9.17, 15) is 9.59 Å². The van der Waals surface area contributed by atoms with Gasteiger partial charge in [0.1, 0.15) is 12.2 Å². The van der Waals surface area contributed by atoms with Crippen molar-refractivity contribution in [1.82, 2.24) is 0 Å². The summed E-state index contributed by atoms with van der Waals surface area (Å²) in [5.41, 5.74) is 0.955. The van der Waals surface area contributed by atoms with E-state index < -0.39 is 0 Å². The highest BCUT2D eigenvalue weighted by atomic mass is 16.5. The maximum atomic E-state index is 12.3. The van der Waals surface area contributed by atoms with Gasteiger partial charge < -0.3 is 9.47 Å². The number of unbranched alkanes of at least 4 members (excludes halogenated alkanes) is 5. The molecule has 2 rings (SSSR count). The third-order valence-electron chi connectivity index (χ3n) is 7.64. The number of rotatable bonds is 11. The van der Waals surface area contributed by atoms with Crippen LogP contribution in [0.15, 0.2) is 0 Å². The molecular weight excluding hydrogens is 424 g/mol. The van der Waals surface area contributed by atoms with Crippen molar-refractivity contribution in [3.8, 4) is 0 Å². The second kappa shape index (κ2) is 11.8. The van der Waals surface area contributed by atoms with Crippen LogP contribution < -0.4 is 0 Å². The van der Waals surface area contributed by atoms with E-state index in [4.69, 9.17) is 9.47 Å². The first kappa shape index (κ1) is 29.2. The molecule has 0 amide bonds. The zero-order valence-corrected chi connectivity index (χ0v) is 23.7. The van der Waals surface area contributed by atoms with Crippen LogP contribution in [-0.4, -0.2) is 24.1 Å². The fourth-order valence-corrected chi connectivity index (χ4v) is 7.39. The van der Waals surface area contributed by atoms with Crippen LogP contribution in [0.4, 0.5) is 0 Å². The van der Waals surface area contributed by atoms with Gasteiger partial charge in [-0.3, -0.25) is 9.59 Å². The molecule has 2 aliphatic rings. The fourth-order valence-electron chi connectivity index (χ4n) is 7.39. The van der Waals surface area contributed by atoms with Crippen LogP contribution in [0.3, 0.4) is 0 Å². The summed E-state index contributed by atoms with van der Waals surface area (Å²) in [6, 6.07) is 0. The summed E-state index contributed by atoms with van der Waals surface area (Å²) >= 11 is 0. The molecule has 4 heteroatoms. The lowest BCUT2D eigenvalue weighted by atomic mass is 9.64. The molecule has 0 radical (unpaired) electrons. The van der Waals surface area contributed by atoms with Crippen LogP contribution in [0.5, 0.6) is 0 Å². The average molecular weight is 479 g/mol. The number of hydrogen-bond donors (Lipinski definition) is 0. The molecule has 0 aromatic carbocycles. The summed E-state index contributed by atoms with van der Waals surface area (Å²) < 4.78 is 11.7. The molecule has 2 saturated carbocycles. The van der Waals surface area contributed by atoms with Crippen molar-refractivity contribution in [3.05, 3.63) is 0 Å². The highest BCUT2D eigenvalue weighted by Gasteiger charge is 2.41. The van der Waals surface area contributed by atoms with Crippen LogP contribution >= 0.6 is 0 Å². The van der Waals surface area contributed by atoms with Crippen LogP contribution in [-0.2, 0) is 19.1 Å². The Bertz CT molecular complexity index is 583. The summed E-state index contributed by atoms with van der Waals surface area (Å²) in [6.07, 6.45) is 13.5. The SMILES string of the molecule is CC1(C)CC(OC(=O)CCCCCCCCC(=O)OC2CC(C)(C)CC(C)(C)C2)CC(C)(C)C1. The van der Waals surface area contributed by atoms with Crippen molar-refractivity contribution in [2.45, 2.75) is 157 Å². The van der Waals surface area contributed by atoms with E-state index in [1.807, 2.05) is 0 Å². The standard InChI is InChI=1S/C30H54O4/c1-27(2)17-23(18-28(3,4)21-27)33-25(31)15-13-11-9-10-12-14-16-26(32)34-24-19-29(5,6)22-30(7,8)20-24/h23-24H,9-22H2,1-8H3. The van der Waals surface area contributed by atoms with E-state index in [0.29, 0.717) is 12.8 Å². The van der Waals surface area contributed by atoms with Gasteiger partial charge in [0, 0.05) is 12.8 Å². The predicted molar refractivity (Wildman–Crippen MR) is 140 cm³/mol. The van der Waals surface area contributed by atoms with Gasteiger partial charge in [0.25, 0.3) is 0 Å². The number of esters is 2. The summed E-state index contributed by atoms with van der Waals surface area (Å²) in [5.74, 6) is -0.0642. The Labute approximate surface area is 210 Å². The second-order valence-electron chi connectivity index (χ2n) is 14.7. The molecule has 2 fully saturated rings. The first-order valence-corrected chi connectivity index (χ1v) is 14.0. The monoisotopic (exact) mass is 478 g/mol. The first-order valence-electron chi connectivity index (χ1n) is 14.0. The van der Waals surface area contributed by atoms with Crippen molar-refractivity contribution < 1.29 is 19.1 Å². The minimum atomic E-state index is -0.0321. The smallest absolute Gasteiger partial charge is 0.306 e. The summed E-state index contributed by atoms with van der Waals surface area (Å²) in [4.78, 5) is 24.6. The quantitative estimate of drug-likeness (QED) is 0.221. The molecule has 0 atom stereocenters. The molecule has 0 aromatic heterocycles. The molecule has 0 N–H and O–H groups in total. The lowest BCUT2D eigenvalue weighted by Gasteiger charge is -2.44. The van der Waals surface area contributed by atoms with E-state index >= 15 is 0 Å². The third kappa shape index (κ3) is 11.1. The Hall–Kier alpha value is -1.06. The van der Waals surface area contributed by atoms with Gasteiger partial charge in [0.2, 0.25) is 0 Å². The van der Waals surface area contributed by atoms with Gasteiger partial charge in [-0.2, -0.15) is 0 Å². The lowest BCUT2D eigenvalue weighted by molar-refractivity contribution is -0.156. The Kier molecular flexibility index (Phi) is 10.1. The van der Waals surface area contributed by atoms with E-state index in [1.54, 1.807) is 0 Å². The first-order chi connectivity index (χ1) is 15.6. The molecule has 2 aliphatic carbocycles.